The van der Waals surface area contributed by atoms with Gasteiger partial charge in [-0.25, -0.2) is 4.98 Å². The van der Waals surface area contributed by atoms with Gasteiger partial charge >= 0.3 is 0 Å². The minimum absolute atomic E-state index is 0. The third-order valence-corrected chi connectivity index (χ3v) is 3.40. The van der Waals surface area contributed by atoms with Crippen molar-refractivity contribution in [1.29, 1.82) is 0 Å². The number of nitrogens with two attached hydrogens (primary N) is 1. The lowest BCUT2D eigenvalue weighted by Gasteiger charge is -2.04. The maximum absolute atomic E-state index is 11.7. The average Bonchev–Trinajstić information content (AvgIpc) is 2.86. The monoisotopic (exact) mass is 311 g/mol. The Morgan fingerprint density at radius 3 is 2.75 bits per heavy atom. The average molecular weight is 312 g/mol. The number of nitrogens with one attached hydrogen (secondary N) is 1. The van der Waals surface area contributed by atoms with Crippen molar-refractivity contribution in [2.24, 2.45) is 5.73 Å². The summed E-state index contributed by atoms with van der Waals surface area (Å²) in [5.41, 5.74) is 7.55. The van der Waals surface area contributed by atoms with Crippen molar-refractivity contribution in [3.05, 3.63) is 35.7 Å². The normalized spacial score (nSPS) is 11.5. The molecule has 0 radical (unpaired) electrons. The fourth-order valence-corrected chi connectivity index (χ4v) is 2.35. The molecule has 2 aromatic rings. The number of amides is 1. The molecule has 108 valence electrons. The molecule has 1 aromatic heterocycles. The number of anilines is 1. The van der Waals surface area contributed by atoms with Crippen LogP contribution in [-0.4, -0.2) is 16.9 Å². The Kier molecular flexibility index (Phi) is 6.64. The summed E-state index contributed by atoms with van der Waals surface area (Å²) in [4.78, 5) is 16.1. The van der Waals surface area contributed by atoms with Gasteiger partial charge in [-0.05, 0) is 13.3 Å². The van der Waals surface area contributed by atoms with Crippen LogP contribution in [0.1, 0.15) is 19.8 Å². The predicted octanol–water partition coefficient (Wildman–Crippen LogP) is 3.30. The molecule has 0 spiro atoms. The number of nitrogens with zero attached hydrogens (tertiary/aromatic N) is 1. The highest BCUT2D eigenvalue weighted by Crippen LogP contribution is 2.24. The fourth-order valence-electron chi connectivity index (χ4n) is 1.61. The van der Waals surface area contributed by atoms with E-state index in [-0.39, 0.29) is 24.4 Å². The number of carbonyl (C=O) groups is 1. The first kappa shape index (κ1) is 16.6. The quantitative estimate of drug-likeness (QED) is 0.890. The zero-order valence-electron chi connectivity index (χ0n) is 11.2. The van der Waals surface area contributed by atoms with E-state index in [9.17, 15) is 4.79 Å². The summed E-state index contributed by atoms with van der Waals surface area (Å²) in [6.07, 6.45) is 1.11. The third kappa shape index (κ3) is 4.92. The number of aromatic nitrogens is 1. The Labute approximate surface area is 128 Å². The van der Waals surface area contributed by atoms with Crippen LogP contribution < -0.4 is 11.1 Å². The van der Waals surface area contributed by atoms with E-state index >= 15 is 0 Å². The maximum atomic E-state index is 11.7. The van der Waals surface area contributed by atoms with E-state index in [0.29, 0.717) is 18.0 Å². The highest BCUT2D eigenvalue weighted by atomic mass is 35.5. The first-order valence-corrected chi connectivity index (χ1v) is 7.09. The molecular weight excluding hydrogens is 294 g/mol. The molecule has 1 unspecified atom stereocenters. The molecule has 0 fully saturated rings. The van der Waals surface area contributed by atoms with Crippen molar-refractivity contribution in [1.82, 2.24) is 4.98 Å². The molecule has 0 bridgehead atoms. The lowest BCUT2D eigenvalue weighted by molar-refractivity contribution is -0.116. The number of thiazole rings is 1. The Hall–Kier alpha value is -1.43. The standard InChI is InChI=1S/C14H17N3OS.ClH/c1-10(15)7-8-13(18)17-14-16-12(9-19-14)11-5-3-2-4-6-11;/h2-6,9-10H,7-8,15H2,1H3,(H,16,17,18);1H. The van der Waals surface area contributed by atoms with Crippen molar-refractivity contribution in [2.75, 3.05) is 5.32 Å². The number of benzene rings is 1. The zero-order valence-corrected chi connectivity index (χ0v) is 12.8. The Bertz CT molecular complexity index is 542. The molecule has 1 heterocycles. The third-order valence-electron chi connectivity index (χ3n) is 2.65. The van der Waals surface area contributed by atoms with Gasteiger partial charge in [0, 0.05) is 23.4 Å². The molecule has 0 aliphatic rings. The summed E-state index contributed by atoms with van der Waals surface area (Å²) < 4.78 is 0. The Morgan fingerprint density at radius 1 is 1.40 bits per heavy atom. The van der Waals surface area contributed by atoms with Crippen LogP contribution in [-0.2, 0) is 4.79 Å². The van der Waals surface area contributed by atoms with E-state index in [0.717, 1.165) is 11.3 Å². The largest absolute Gasteiger partial charge is 0.328 e. The van der Waals surface area contributed by atoms with Crippen LogP contribution in [0.2, 0.25) is 0 Å². The van der Waals surface area contributed by atoms with Gasteiger partial charge in [0.2, 0.25) is 5.91 Å². The molecule has 0 aliphatic heterocycles. The van der Waals surface area contributed by atoms with Crippen molar-refractivity contribution in [3.8, 4) is 11.3 Å². The number of hydrogen-bond acceptors (Lipinski definition) is 4. The van der Waals surface area contributed by atoms with Crippen LogP contribution in [0, 0.1) is 0 Å². The van der Waals surface area contributed by atoms with Gasteiger partial charge in [-0.3, -0.25) is 4.79 Å². The first-order chi connectivity index (χ1) is 9.15. The molecule has 3 N–H and O–H groups in total. The van der Waals surface area contributed by atoms with Gasteiger partial charge in [0.25, 0.3) is 0 Å². The molecule has 0 aliphatic carbocycles. The molecule has 0 saturated heterocycles. The molecular formula is C14H18ClN3OS. The summed E-state index contributed by atoms with van der Waals surface area (Å²) in [6.45, 7) is 1.89. The number of rotatable bonds is 5. The summed E-state index contributed by atoms with van der Waals surface area (Å²) >= 11 is 1.43. The van der Waals surface area contributed by atoms with Gasteiger partial charge in [0.1, 0.15) is 0 Å². The lowest BCUT2D eigenvalue weighted by Crippen LogP contribution is -2.19. The van der Waals surface area contributed by atoms with E-state index in [2.05, 4.69) is 10.3 Å². The second-order valence-electron chi connectivity index (χ2n) is 4.47. The van der Waals surface area contributed by atoms with Crippen LogP contribution in [0.5, 0.6) is 0 Å². The zero-order chi connectivity index (χ0) is 13.7. The number of hydrogen-bond donors (Lipinski definition) is 2. The Morgan fingerprint density at radius 2 is 2.10 bits per heavy atom. The van der Waals surface area contributed by atoms with Gasteiger partial charge in [0.15, 0.2) is 5.13 Å². The summed E-state index contributed by atoms with van der Waals surface area (Å²) in [5.74, 6) is -0.0359. The van der Waals surface area contributed by atoms with E-state index in [1.54, 1.807) is 0 Å². The van der Waals surface area contributed by atoms with Gasteiger partial charge in [-0.15, -0.1) is 23.7 Å². The van der Waals surface area contributed by atoms with Gasteiger partial charge in [0.05, 0.1) is 5.69 Å². The van der Waals surface area contributed by atoms with E-state index in [4.69, 9.17) is 5.73 Å². The fraction of sp³-hybridized carbons (Fsp3) is 0.286. The van der Waals surface area contributed by atoms with E-state index in [1.165, 1.54) is 11.3 Å². The highest BCUT2D eigenvalue weighted by Gasteiger charge is 2.08. The lowest BCUT2D eigenvalue weighted by atomic mass is 10.2. The van der Waals surface area contributed by atoms with Gasteiger partial charge < -0.3 is 11.1 Å². The van der Waals surface area contributed by atoms with Crippen LogP contribution in [0.25, 0.3) is 11.3 Å². The molecule has 1 aromatic carbocycles. The summed E-state index contributed by atoms with van der Waals surface area (Å²) in [7, 11) is 0. The van der Waals surface area contributed by atoms with Crippen LogP contribution in [0.3, 0.4) is 0 Å². The Balaban J connectivity index is 0.00000200. The predicted molar refractivity (Wildman–Crippen MR) is 86.3 cm³/mol. The van der Waals surface area contributed by atoms with Gasteiger partial charge in [-0.2, -0.15) is 0 Å². The highest BCUT2D eigenvalue weighted by molar-refractivity contribution is 7.14. The molecule has 0 saturated carbocycles. The first-order valence-electron chi connectivity index (χ1n) is 6.21. The van der Waals surface area contributed by atoms with Crippen LogP contribution in [0.15, 0.2) is 35.7 Å². The molecule has 20 heavy (non-hydrogen) atoms. The van der Waals surface area contributed by atoms with Crippen molar-refractivity contribution < 1.29 is 4.79 Å². The number of carbonyl (C=O) groups excluding carboxylic acids is 1. The molecule has 2 rings (SSSR count). The molecule has 6 heteroatoms. The van der Waals surface area contributed by atoms with Crippen LogP contribution in [0.4, 0.5) is 5.13 Å². The minimum atomic E-state index is -0.0359. The van der Waals surface area contributed by atoms with Crippen LogP contribution >= 0.6 is 23.7 Å². The van der Waals surface area contributed by atoms with Crippen molar-refractivity contribution in [3.63, 3.8) is 0 Å². The van der Waals surface area contributed by atoms with Crippen molar-refractivity contribution in [2.45, 2.75) is 25.8 Å². The minimum Gasteiger partial charge on any atom is -0.328 e. The summed E-state index contributed by atoms with van der Waals surface area (Å²) in [5, 5.41) is 5.37. The molecule has 1 atom stereocenters. The van der Waals surface area contributed by atoms with Gasteiger partial charge in [-0.1, -0.05) is 30.3 Å². The maximum Gasteiger partial charge on any atom is 0.226 e. The topological polar surface area (TPSA) is 68.0 Å². The number of halogens is 1. The SMILES string of the molecule is CC(N)CCC(=O)Nc1nc(-c2ccccc2)cs1.Cl. The molecule has 4 nitrogen and oxygen atoms in total. The van der Waals surface area contributed by atoms with Crippen molar-refractivity contribution >= 4 is 34.8 Å². The summed E-state index contributed by atoms with van der Waals surface area (Å²) in [6, 6.07) is 9.94. The van der Waals surface area contributed by atoms with E-state index in [1.807, 2.05) is 42.6 Å². The molecule has 1 amide bonds. The second-order valence-corrected chi connectivity index (χ2v) is 5.33. The smallest absolute Gasteiger partial charge is 0.226 e. The second kappa shape index (κ2) is 7.99. The van der Waals surface area contributed by atoms with E-state index < -0.39 is 0 Å².